The number of aryl methyl sites for hydroxylation is 2. The van der Waals surface area contributed by atoms with Crippen molar-refractivity contribution in [3.8, 4) is 11.4 Å². The molecule has 1 aliphatic rings. The van der Waals surface area contributed by atoms with E-state index in [-0.39, 0.29) is 11.7 Å². The van der Waals surface area contributed by atoms with Crippen LogP contribution < -0.4 is 9.64 Å². The average Bonchev–Trinajstić information content (AvgIpc) is 3.13. The van der Waals surface area contributed by atoms with Crippen molar-refractivity contribution in [2.45, 2.75) is 52.9 Å². The number of aromatic nitrogens is 4. The van der Waals surface area contributed by atoms with Crippen molar-refractivity contribution in [1.82, 2.24) is 24.6 Å². The topological polar surface area (TPSA) is 76.4 Å². The predicted octanol–water partition coefficient (Wildman–Crippen LogP) is 5.75. The number of carbonyl (C=O) groups is 1. The molecule has 1 fully saturated rings. The summed E-state index contributed by atoms with van der Waals surface area (Å²) in [5.41, 5.74) is 2.95. The highest BCUT2D eigenvalue weighted by Gasteiger charge is 2.25. The third-order valence-electron chi connectivity index (χ3n) is 7.22. The molecule has 9 heteroatoms. The van der Waals surface area contributed by atoms with E-state index in [0.29, 0.717) is 31.8 Å². The third-order valence-corrected chi connectivity index (χ3v) is 7.22. The summed E-state index contributed by atoms with van der Waals surface area (Å²) >= 11 is 0. The number of halogens is 1. The Labute approximate surface area is 234 Å². The van der Waals surface area contributed by atoms with Gasteiger partial charge in [0, 0.05) is 38.2 Å². The van der Waals surface area contributed by atoms with Crippen LogP contribution in [0.25, 0.3) is 16.7 Å². The standard InChI is InChI=1S/C31H37FN6O2/c1-4-6-21-40-26-15-9-23(10-16-26)31(39)37-18-7-17-36(19-20-37)29-28-22(3)35-38(25-13-11-24(32)12-14-25)30(28)34-27(33-29)8-5-2/h9-16H,4-8,17-21H2,1-3H3. The van der Waals surface area contributed by atoms with Crippen LogP contribution >= 0.6 is 0 Å². The minimum absolute atomic E-state index is 0.0294. The minimum atomic E-state index is -0.293. The van der Waals surface area contributed by atoms with Crippen molar-refractivity contribution in [3.05, 3.63) is 71.4 Å². The van der Waals surface area contributed by atoms with Crippen LogP contribution in [0.1, 0.15) is 61.4 Å². The van der Waals surface area contributed by atoms with Gasteiger partial charge in [-0.15, -0.1) is 0 Å². The lowest BCUT2D eigenvalue weighted by atomic mass is 10.2. The first kappa shape index (κ1) is 27.6. The first-order valence-electron chi connectivity index (χ1n) is 14.3. The van der Waals surface area contributed by atoms with Crippen LogP contribution in [-0.2, 0) is 6.42 Å². The number of ether oxygens (including phenoxy) is 1. The highest BCUT2D eigenvalue weighted by molar-refractivity contribution is 5.94. The molecule has 0 aliphatic carbocycles. The van der Waals surface area contributed by atoms with E-state index in [2.05, 4.69) is 18.7 Å². The number of rotatable bonds is 9. The fourth-order valence-electron chi connectivity index (χ4n) is 5.08. The highest BCUT2D eigenvalue weighted by atomic mass is 19.1. The van der Waals surface area contributed by atoms with Crippen LogP contribution in [0.15, 0.2) is 48.5 Å². The summed E-state index contributed by atoms with van der Waals surface area (Å²) in [7, 11) is 0. The van der Waals surface area contributed by atoms with Crippen molar-refractivity contribution in [2.24, 2.45) is 0 Å². The van der Waals surface area contributed by atoms with Gasteiger partial charge in [0.25, 0.3) is 5.91 Å². The smallest absolute Gasteiger partial charge is 0.253 e. The summed E-state index contributed by atoms with van der Waals surface area (Å²) in [6.45, 7) is 9.57. The van der Waals surface area contributed by atoms with E-state index in [1.165, 1.54) is 12.1 Å². The zero-order chi connectivity index (χ0) is 28.1. The molecule has 1 aliphatic heterocycles. The lowest BCUT2D eigenvalue weighted by Gasteiger charge is -2.24. The van der Waals surface area contributed by atoms with E-state index in [1.807, 2.05) is 36.1 Å². The normalized spacial score (nSPS) is 14.0. The minimum Gasteiger partial charge on any atom is -0.494 e. The molecule has 8 nitrogen and oxygen atoms in total. The average molecular weight is 545 g/mol. The molecular formula is C31H37FN6O2. The Bertz CT molecular complexity index is 1450. The lowest BCUT2D eigenvalue weighted by Crippen LogP contribution is -2.35. The Morgan fingerprint density at radius 2 is 1.73 bits per heavy atom. The summed E-state index contributed by atoms with van der Waals surface area (Å²) in [5, 5.41) is 5.66. The maximum atomic E-state index is 13.6. The SMILES string of the molecule is CCCCOc1ccc(C(=O)N2CCCN(c3nc(CCC)nc4c3c(C)nn4-c3ccc(F)cc3)CC2)cc1. The van der Waals surface area contributed by atoms with Gasteiger partial charge in [-0.05, 0) is 74.7 Å². The highest BCUT2D eigenvalue weighted by Crippen LogP contribution is 2.30. The second-order valence-electron chi connectivity index (χ2n) is 10.2. The van der Waals surface area contributed by atoms with Crippen LogP contribution in [-0.4, -0.2) is 63.3 Å². The van der Waals surface area contributed by atoms with Gasteiger partial charge in [0.05, 0.1) is 23.4 Å². The van der Waals surface area contributed by atoms with Gasteiger partial charge in [0.2, 0.25) is 0 Å². The molecule has 1 amide bonds. The van der Waals surface area contributed by atoms with E-state index in [0.717, 1.165) is 78.5 Å². The summed E-state index contributed by atoms with van der Waals surface area (Å²) < 4.78 is 21.1. The van der Waals surface area contributed by atoms with Crippen molar-refractivity contribution in [3.63, 3.8) is 0 Å². The molecular weight excluding hydrogens is 507 g/mol. The first-order valence-corrected chi connectivity index (χ1v) is 14.3. The van der Waals surface area contributed by atoms with Gasteiger partial charge in [-0.2, -0.15) is 5.10 Å². The molecule has 0 unspecified atom stereocenters. The fourth-order valence-corrected chi connectivity index (χ4v) is 5.08. The van der Waals surface area contributed by atoms with Gasteiger partial charge in [0.1, 0.15) is 23.2 Å². The number of fused-ring (bicyclic) bond motifs is 1. The molecule has 5 rings (SSSR count). The third kappa shape index (κ3) is 5.93. The fraction of sp³-hybridized carbons (Fsp3) is 0.419. The van der Waals surface area contributed by atoms with E-state index in [1.54, 1.807) is 16.8 Å². The number of unbranched alkanes of at least 4 members (excludes halogenated alkanes) is 1. The Balaban J connectivity index is 1.38. The molecule has 40 heavy (non-hydrogen) atoms. The number of hydrogen-bond acceptors (Lipinski definition) is 6. The molecule has 3 heterocycles. The number of amides is 1. The van der Waals surface area contributed by atoms with Gasteiger partial charge in [-0.3, -0.25) is 4.79 Å². The predicted molar refractivity (Wildman–Crippen MR) is 155 cm³/mol. The van der Waals surface area contributed by atoms with Gasteiger partial charge in [-0.25, -0.2) is 19.0 Å². The summed E-state index contributed by atoms with van der Waals surface area (Å²) in [6.07, 6.45) is 4.57. The zero-order valence-corrected chi connectivity index (χ0v) is 23.6. The maximum absolute atomic E-state index is 13.6. The van der Waals surface area contributed by atoms with E-state index < -0.39 is 0 Å². The van der Waals surface area contributed by atoms with Crippen LogP contribution in [0.3, 0.4) is 0 Å². The Morgan fingerprint density at radius 3 is 2.45 bits per heavy atom. The van der Waals surface area contributed by atoms with Crippen molar-refractivity contribution >= 4 is 22.8 Å². The molecule has 0 bridgehead atoms. The maximum Gasteiger partial charge on any atom is 0.253 e. The first-order chi connectivity index (χ1) is 19.5. The van der Waals surface area contributed by atoms with Gasteiger partial charge >= 0.3 is 0 Å². The summed E-state index contributed by atoms with van der Waals surface area (Å²) in [6, 6.07) is 13.7. The van der Waals surface area contributed by atoms with Gasteiger partial charge in [-0.1, -0.05) is 20.3 Å². The van der Waals surface area contributed by atoms with Gasteiger partial charge < -0.3 is 14.5 Å². The number of nitrogens with zero attached hydrogens (tertiary/aromatic N) is 6. The molecule has 0 spiro atoms. The molecule has 0 saturated carbocycles. The van der Waals surface area contributed by atoms with Crippen LogP contribution in [0.4, 0.5) is 10.2 Å². The van der Waals surface area contributed by atoms with Crippen LogP contribution in [0, 0.1) is 12.7 Å². The Morgan fingerprint density at radius 1 is 0.950 bits per heavy atom. The van der Waals surface area contributed by atoms with Crippen LogP contribution in [0.5, 0.6) is 5.75 Å². The van der Waals surface area contributed by atoms with Crippen molar-refractivity contribution in [1.29, 1.82) is 0 Å². The second-order valence-corrected chi connectivity index (χ2v) is 10.2. The quantitative estimate of drug-likeness (QED) is 0.250. The van der Waals surface area contributed by atoms with E-state index >= 15 is 0 Å². The molecule has 4 aromatic rings. The Kier molecular flexibility index (Phi) is 8.57. The van der Waals surface area contributed by atoms with Crippen molar-refractivity contribution < 1.29 is 13.9 Å². The zero-order valence-electron chi connectivity index (χ0n) is 23.6. The van der Waals surface area contributed by atoms with Crippen molar-refractivity contribution in [2.75, 3.05) is 37.7 Å². The number of hydrogen-bond donors (Lipinski definition) is 0. The number of benzene rings is 2. The molecule has 2 aromatic heterocycles. The molecule has 1 saturated heterocycles. The molecule has 0 atom stereocenters. The molecule has 210 valence electrons. The lowest BCUT2D eigenvalue weighted by molar-refractivity contribution is 0.0767. The Hall–Kier alpha value is -4.01. The second kappa shape index (κ2) is 12.4. The van der Waals surface area contributed by atoms with Crippen LogP contribution in [0.2, 0.25) is 0 Å². The summed E-state index contributed by atoms with van der Waals surface area (Å²) in [4.78, 5) is 27.4. The summed E-state index contributed by atoms with van der Waals surface area (Å²) in [5.74, 6) is 2.13. The molecule has 0 radical (unpaired) electrons. The van der Waals surface area contributed by atoms with E-state index in [4.69, 9.17) is 19.8 Å². The largest absolute Gasteiger partial charge is 0.494 e. The molecule has 0 N–H and O–H groups in total. The van der Waals surface area contributed by atoms with E-state index in [9.17, 15) is 9.18 Å². The number of anilines is 1. The monoisotopic (exact) mass is 544 g/mol. The van der Waals surface area contributed by atoms with Gasteiger partial charge in [0.15, 0.2) is 5.65 Å². The number of carbonyl (C=O) groups excluding carboxylic acids is 1. The molecule has 2 aromatic carbocycles.